The summed E-state index contributed by atoms with van der Waals surface area (Å²) < 4.78 is 77.4. The second kappa shape index (κ2) is 9.18. The Labute approximate surface area is 176 Å². The van der Waals surface area contributed by atoms with Gasteiger partial charge in [-0.3, -0.25) is 9.59 Å². The molecule has 32 heavy (non-hydrogen) atoms. The maximum absolute atomic E-state index is 14.1. The minimum absolute atomic E-state index is 0.0606. The molecule has 0 saturated carbocycles. The van der Waals surface area contributed by atoms with Crippen LogP contribution in [0.2, 0.25) is 0 Å². The normalized spacial score (nSPS) is 12.4. The number of furan rings is 1. The SMILES string of the molecule is COCC(NC(=O)c1cc(=O)[nH]c(-c2ccc(F)o2)n1)c1ccc(OC(F)(F)F)c(F)c1. The fraction of sp³-hybridized carbons (Fsp3) is 0.211. The van der Waals surface area contributed by atoms with Gasteiger partial charge in [-0.25, -0.2) is 9.37 Å². The predicted molar refractivity (Wildman–Crippen MR) is 97.7 cm³/mol. The van der Waals surface area contributed by atoms with E-state index in [1.54, 1.807) is 0 Å². The molecule has 0 saturated heterocycles. The van der Waals surface area contributed by atoms with Crippen molar-refractivity contribution in [3.63, 3.8) is 0 Å². The highest BCUT2D eigenvalue weighted by Crippen LogP contribution is 2.28. The molecular formula is C19H14F5N3O5. The summed E-state index contributed by atoms with van der Waals surface area (Å²) in [6, 6.07) is 3.69. The van der Waals surface area contributed by atoms with E-state index in [2.05, 4.69) is 20.0 Å². The number of hydrogen-bond acceptors (Lipinski definition) is 6. The van der Waals surface area contributed by atoms with E-state index in [1.807, 2.05) is 0 Å². The highest BCUT2D eigenvalue weighted by molar-refractivity contribution is 5.92. The zero-order chi connectivity index (χ0) is 23.5. The van der Waals surface area contributed by atoms with Gasteiger partial charge in [0.05, 0.1) is 12.6 Å². The molecular weight excluding hydrogens is 445 g/mol. The van der Waals surface area contributed by atoms with E-state index in [0.29, 0.717) is 0 Å². The van der Waals surface area contributed by atoms with Gasteiger partial charge in [-0.15, -0.1) is 13.2 Å². The molecule has 1 aromatic carbocycles. The number of benzene rings is 1. The van der Waals surface area contributed by atoms with Crippen LogP contribution in [0.15, 0.2) is 45.6 Å². The van der Waals surface area contributed by atoms with Crippen molar-refractivity contribution in [3.05, 3.63) is 69.8 Å². The Morgan fingerprint density at radius 2 is 1.97 bits per heavy atom. The van der Waals surface area contributed by atoms with E-state index >= 15 is 0 Å². The Morgan fingerprint density at radius 1 is 1.22 bits per heavy atom. The van der Waals surface area contributed by atoms with Crippen LogP contribution < -0.4 is 15.6 Å². The van der Waals surface area contributed by atoms with E-state index in [0.717, 1.165) is 30.3 Å². The lowest BCUT2D eigenvalue weighted by molar-refractivity contribution is -0.275. The van der Waals surface area contributed by atoms with Crippen molar-refractivity contribution in [2.45, 2.75) is 12.4 Å². The molecule has 2 N–H and O–H groups in total. The number of ether oxygens (including phenoxy) is 2. The van der Waals surface area contributed by atoms with Crippen molar-refractivity contribution in [2.75, 3.05) is 13.7 Å². The van der Waals surface area contributed by atoms with Crippen LogP contribution in [-0.2, 0) is 4.74 Å². The predicted octanol–water partition coefficient (Wildman–Crippen LogP) is 3.32. The molecule has 13 heteroatoms. The highest BCUT2D eigenvalue weighted by Gasteiger charge is 2.32. The molecule has 0 aliphatic rings. The topological polar surface area (TPSA) is 106 Å². The molecule has 2 aromatic heterocycles. The summed E-state index contributed by atoms with van der Waals surface area (Å²) in [6.07, 6.45) is -5.08. The first kappa shape index (κ1) is 22.9. The number of nitrogens with one attached hydrogen (secondary N) is 2. The number of carbonyl (C=O) groups excluding carboxylic acids is 1. The Balaban J connectivity index is 1.85. The summed E-state index contributed by atoms with van der Waals surface area (Å²) in [5.74, 6) is -3.59. The maximum Gasteiger partial charge on any atom is 0.573 e. The van der Waals surface area contributed by atoms with Gasteiger partial charge in [0.1, 0.15) is 5.69 Å². The number of halogens is 5. The summed E-state index contributed by atoms with van der Waals surface area (Å²) in [5, 5.41) is 2.44. The number of hydrogen-bond donors (Lipinski definition) is 2. The summed E-state index contributed by atoms with van der Waals surface area (Å²) in [6.45, 7) is -0.190. The molecule has 0 spiro atoms. The lowest BCUT2D eigenvalue weighted by Crippen LogP contribution is -2.33. The van der Waals surface area contributed by atoms with Gasteiger partial charge >= 0.3 is 6.36 Å². The van der Waals surface area contributed by atoms with Crippen molar-refractivity contribution in [1.29, 1.82) is 0 Å². The molecule has 3 rings (SSSR count). The largest absolute Gasteiger partial charge is 0.573 e. The van der Waals surface area contributed by atoms with Gasteiger partial charge in [0.15, 0.2) is 23.2 Å². The van der Waals surface area contributed by atoms with Crippen LogP contribution in [0.5, 0.6) is 5.75 Å². The molecule has 0 aliphatic heterocycles. The maximum atomic E-state index is 14.1. The van der Waals surface area contributed by atoms with Gasteiger partial charge in [-0.05, 0) is 23.8 Å². The first-order valence-electron chi connectivity index (χ1n) is 8.78. The number of aromatic amines is 1. The quantitative estimate of drug-likeness (QED) is 0.525. The molecule has 0 fully saturated rings. The molecule has 8 nitrogen and oxygen atoms in total. The minimum Gasteiger partial charge on any atom is -0.428 e. The number of nitrogens with zero attached hydrogens (tertiary/aromatic N) is 1. The highest BCUT2D eigenvalue weighted by atomic mass is 19.4. The van der Waals surface area contributed by atoms with Crippen molar-refractivity contribution in [2.24, 2.45) is 0 Å². The van der Waals surface area contributed by atoms with Crippen molar-refractivity contribution < 1.29 is 40.6 Å². The second-order valence-corrected chi connectivity index (χ2v) is 6.30. The number of carbonyl (C=O) groups is 1. The third-order valence-corrected chi connectivity index (χ3v) is 4.00. The van der Waals surface area contributed by atoms with Gasteiger partial charge in [0, 0.05) is 19.2 Å². The minimum atomic E-state index is -5.08. The molecule has 1 atom stereocenters. The van der Waals surface area contributed by atoms with Gasteiger partial charge < -0.3 is 24.2 Å². The number of alkyl halides is 3. The monoisotopic (exact) mass is 459 g/mol. The average Bonchev–Trinajstić information content (AvgIpc) is 3.14. The van der Waals surface area contributed by atoms with Crippen molar-refractivity contribution in [1.82, 2.24) is 15.3 Å². The van der Waals surface area contributed by atoms with Crippen LogP contribution in [0.25, 0.3) is 11.6 Å². The number of amides is 1. The number of aromatic nitrogens is 2. The van der Waals surface area contributed by atoms with Gasteiger partial charge in [0.25, 0.3) is 17.5 Å². The Morgan fingerprint density at radius 3 is 2.56 bits per heavy atom. The van der Waals surface area contributed by atoms with Crippen LogP contribution in [0.4, 0.5) is 22.0 Å². The van der Waals surface area contributed by atoms with Gasteiger partial charge in [0.2, 0.25) is 0 Å². The molecule has 0 bridgehead atoms. The van der Waals surface area contributed by atoms with Gasteiger partial charge in [-0.2, -0.15) is 4.39 Å². The first-order chi connectivity index (χ1) is 15.1. The zero-order valence-electron chi connectivity index (χ0n) is 16.1. The second-order valence-electron chi connectivity index (χ2n) is 6.30. The zero-order valence-corrected chi connectivity index (χ0v) is 16.1. The summed E-state index contributed by atoms with van der Waals surface area (Å²) in [7, 11) is 1.28. The van der Waals surface area contributed by atoms with Crippen molar-refractivity contribution in [3.8, 4) is 17.3 Å². The molecule has 1 amide bonds. The first-order valence-corrected chi connectivity index (χ1v) is 8.78. The molecule has 2 heterocycles. The Bertz CT molecular complexity index is 1170. The molecule has 0 aliphatic carbocycles. The summed E-state index contributed by atoms with van der Waals surface area (Å²) >= 11 is 0. The summed E-state index contributed by atoms with van der Waals surface area (Å²) in [4.78, 5) is 30.7. The van der Waals surface area contributed by atoms with Crippen LogP contribution in [-0.4, -0.2) is 36.0 Å². The van der Waals surface area contributed by atoms with E-state index in [9.17, 15) is 31.5 Å². The lowest BCUT2D eigenvalue weighted by Gasteiger charge is -2.19. The molecule has 3 aromatic rings. The van der Waals surface area contributed by atoms with E-state index in [4.69, 9.17) is 9.15 Å². The fourth-order valence-electron chi connectivity index (χ4n) is 2.69. The number of methoxy groups -OCH3 is 1. The van der Waals surface area contributed by atoms with Crippen LogP contribution >= 0.6 is 0 Å². The standard InChI is InChI=1S/C19H14F5N3O5/c1-30-8-12(9-2-3-13(10(20)6-9)32-19(22,23)24)26-18(29)11-7-16(28)27-17(25-11)14-4-5-15(21)31-14/h2-7,12H,8H2,1H3,(H,26,29)(H,25,27,28). The third-order valence-electron chi connectivity index (χ3n) is 4.00. The molecule has 0 radical (unpaired) electrons. The lowest BCUT2D eigenvalue weighted by atomic mass is 10.1. The van der Waals surface area contributed by atoms with Crippen molar-refractivity contribution >= 4 is 5.91 Å². The third kappa shape index (κ3) is 5.69. The van der Waals surface area contributed by atoms with Crippen LogP contribution in [0.3, 0.4) is 0 Å². The fourth-order valence-corrected chi connectivity index (χ4v) is 2.69. The smallest absolute Gasteiger partial charge is 0.428 e. The molecule has 170 valence electrons. The summed E-state index contributed by atoms with van der Waals surface area (Å²) in [5.41, 5.74) is -1.05. The van der Waals surface area contributed by atoms with Gasteiger partial charge in [-0.1, -0.05) is 6.07 Å². The Kier molecular flexibility index (Phi) is 6.58. The average molecular weight is 459 g/mol. The number of rotatable bonds is 7. The number of H-pyrrole nitrogens is 1. The van der Waals surface area contributed by atoms with Crippen LogP contribution in [0.1, 0.15) is 22.1 Å². The van der Waals surface area contributed by atoms with E-state index in [1.165, 1.54) is 13.2 Å². The van der Waals surface area contributed by atoms with E-state index in [-0.39, 0.29) is 29.4 Å². The van der Waals surface area contributed by atoms with Crippen LogP contribution in [0, 0.1) is 11.8 Å². The Hall–Kier alpha value is -3.74. The van der Waals surface area contributed by atoms with E-state index < -0.39 is 41.5 Å². The molecule has 1 unspecified atom stereocenters.